The van der Waals surface area contributed by atoms with Gasteiger partial charge in [-0.05, 0) is 52.3 Å². The maximum atomic E-state index is 12.8. The summed E-state index contributed by atoms with van der Waals surface area (Å²) in [5.74, 6) is 0.903. The maximum Gasteiger partial charge on any atom is 0.251 e. The van der Waals surface area contributed by atoms with Gasteiger partial charge in [-0.25, -0.2) is 8.42 Å². The summed E-state index contributed by atoms with van der Waals surface area (Å²) >= 11 is 0. The van der Waals surface area contributed by atoms with E-state index in [4.69, 9.17) is 0 Å². The van der Waals surface area contributed by atoms with Gasteiger partial charge in [0.15, 0.2) is 9.84 Å². The van der Waals surface area contributed by atoms with E-state index in [0.29, 0.717) is 35.4 Å². The topological polar surface area (TPSA) is 63.2 Å². The number of amides is 1. The van der Waals surface area contributed by atoms with Crippen molar-refractivity contribution in [2.24, 2.45) is 5.92 Å². The first-order chi connectivity index (χ1) is 14.9. The molecule has 0 fully saturated rings. The van der Waals surface area contributed by atoms with Crippen molar-refractivity contribution < 1.29 is 13.2 Å². The number of rotatable bonds is 5. The number of hydrogen-bond acceptors (Lipinski definition) is 3. The van der Waals surface area contributed by atoms with Crippen molar-refractivity contribution in [3.8, 4) is 0 Å². The second-order valence-electron chi connectivity index (χ2n) is 8.76. The molecule has 0 saturated carbocycles. The van der Waals surface area contributed by atoms with Crippen molar-refractivity contribution >= 4 is 15.7 Å². The van der Waals surface area contributed by atoms with Crippen molar-refractivity contribution in [1.82, 2.24) is 5.32 Å². The van der Waals surface area contributed by atoms with Crippen LogP contribution in [0.2, 0.25) is 0 Å². The summed E-state index contributed by atoms with van der Waals surface area (Å²) < 4.78 is 22.9. The Hall–Kier alpha value is -2.92. The van der Waals surface area contributed by atoms with Gasteiger partial charge in [0.2, 0.25) is 0 Å². The van der Waals surface area contributed by atoms with Crippen LogP contribution in [0, 0.1) is 5.92 Å². The Balaban J connectivity index is 1.33. The molecule has 0 radical (unpaired) electrons. The molecule has 5 heteroatoms. The molecule has 3 aromatic rings. The number of carbonyl (C=O) groups is 1. The highest BCUT2D eigenvalue weighted by atomic mass is 32.2. The molecule has 31 heavy (non-hydrogen) atoms. The lowest BCUT2D eigenvalue weighted by Gasteiger charge is -2.45. The highest BCUT2D eigenvalue weighted by Crippen LogP contribution is 2.55. The molecule has 1 unspecified atom stereocenters. The van der Waals surface area contributed by atoms with E-state index in [0.717, 1.165) is 6.42 Å². The van der Waals surface area contributed by atoms with Crippen molar-refractivity contribution in [3.05, 3.63) is 106 Å². The number of fused-ring (bicyclic) bond motifs is 1. The first kappa shape index (κ1) is 20.0. The van der Waals surface area contributed by atoms with E-state index in [9.17, 15) is 13.2 Å². The smallest absolute Gasteiger partial charge is 0.251 e. The van der Waals surface area contributed by atoms with E-state index in [-0.39, 0.29) is 11.7 Å². The lowest BCUT2D eigenvalue weighted by atomic mass is 9.59. The van der Waals surface area contributed by atoms with Gasteiger partial charge in [0.1, 0.15) is 0 Å². The number of carbonyl (C=O) groups excluding carboxylic acids is 1. The standard InChI is InChI=1S/C26H25NO3S/c1-31(29,30)16-17-10-12-18(13-11-17)26(28)27-15-19-14-24-20-6-2-4-8-22(20)25(19)23-9-5-3-7-21(23)24/h2-13,19,24-25H,14-16H2,1H3,(H,27,28). The fourth-order valence-corrected chi connectivity index (χ4v) is 6.14. The zero-order chi connectivity index (χ0) is 21.6. The summed E-state index contributed by atoms with van der Waals surface area (Å²) in [5, 5.41) is 3.13. The Kier molecular flexibility index (Phi) is 4.94. The van der Waals surface area contributed by atoms with Gasteiger partial charge in [-0.15, -0.1) is 0 Å². The van der Waals surface area contributed by atoms with Crippen LogP contribution >= 0.6 is 0 Å². The van der Waals surface area contributed by atoms with Gasteiger partial charge >= 0.3 is 0 Å². The summed E-state index contributed by atoms with van der Waals surface area (Å²) in [4.78, 5) is 12.8. The van der Waals surface area contributed by atoms with E-state index in [2.05, 4.69) is 53.8 Å². The van der Waals surface area contributed by atoms with Gasteiger partial charge in [-0.1, -0.05) is 60.7 Å². The first-order valence-electron chi connectivity index (χ1n) is 10.6. The number of benzene rings is 3. The molecule has 4 nitrogen and oxygen atoms in total. The highest BCUT2D eigenvalue weighted by molar-refractivity contribution is 7.89. The molecule has 1 N–H and O–H groups in total. The van der Waals surface area contributed by atoms with Crippen LogP contribution in [0.5, 0.6) is 0 Å². The normalized spacial score (nSPS) is 21.3. The highest BCUT2D eigenvalue weighted by Gasteiger charge is 2.42. The van der Waals surface area contributed by atoms with Gasteiger partial charge in [-0.2, -0.15) is 0 Å². The Labute approximate surface area is 183 Å². The predicted octanol–water partition coefficient (Wildman–Crippen LogP) is 4.26. The average molecular weight is 432 g/mol. The lowest BCUT2D eigenvalue weighted by Crippen LogP contribution is -2.39. The molecule has 0 spiro atoms. The van der Waals surface area contributed by atoms with Crippen molar-refractivity contribution in [2.45, 2.75) is 24.0 Å². The van der Waals surface area contributed by atoms with Gasteiger partial charge in [-0.3, -0.25) is 4.79 Å². The molecule has 0 heterocycles. The quantitative estimate of drug-likeness (QED) is 0.657. The predicted molar refractivity (Wildman–Crippen MR) is 122 cm³/mol. The molecule has 0 aliphatic heterocycles. The number of nitrogens with one attached hydrogen (secondary N) is 1. The minimum absolute atomic E-state index is 0.0150. The Morgan fingerprint density at radius 3 is 1.97 bits per heavy atom. The third-order valence-electron chi connectivity index (χ3n) is 6.59. The largest absolute Gasteiger partial charge is 0.352 e. The SMILES string of the molecule is CS(=O)(=O)Cc1ccc(C(=O)NCC2CC3c4ccccc4C2c2ccccc23)cc1. The first-order valence-corrected chi connectivity index (χ1v) is 12.7. The molecular formula is C26H25NO3S. The molecule has 0 saturated heterocycles. The van der Waals surface area contributed by atoms with Gasteiger partial charge in [0.05, 0.1) is 5.75 Å². The van der Waals surface area contributed by atoms with Gasteiger partial charge < -0.3 is 5.32 Å². The van der Waals surface area contributed by atoms with Crippen LogP contribution in [0.3, 0.4) is 0 Å². The minimum atomic E-state index is -3.09. The third kappa shape index (κ3) is 3.79. The summed E-state index contributed by atoms with van der Waals surface area (Å²) in [6.07, 6.45) is 2.24. The molecule has 1 amide bonds. The lowest BCUT2D eigenvalue weighted by molar-refractivity contribution is 0.0943. The fourth-order valence-electron chi connectivity index (χ4n) is 5.34. The van der Waals surface area contributed by atoms with E-state index < -0.39 is 9.84 Å². The molecule has 1 atom stereocenters. The van der Waals surface area contributed by atoms with E-state index >= 15 is 0 Å². The van der Waals surface area contributed by atoms with E-state index in [1.54, 1.807) is 24.3 Å². The number of sulfone groups is 1. The Morgan fingerprint density at radius 1 is 0.871 bits per heavy atom. The van der Waals surface area contributed by atoms with Crippen LogP contribution in [0.25, 0.3) is 0 Å². The summed E-state index contributed by atoms with van der Waals surface area (Å²) in [6.45, 7) is 0.619. The van der Waals surface area contributed by atoms with Crippen molar-refractivity contribution in [2.75, 3.05) is 12.8 Å². The molecule has 3 aliphatic carbocycles. The van der Waals surface area contributed by atoms with Crippen LogP contribution < -0.4 is 5.32 Å². The molecule has 158 valence electrons. The van der Waals surface area contributed by atoms with Crippen LogP contribution in [0.4, 0.5) is 0 Å². The monoisotopic (exact) mass is 431 g/mol. The van der Waals surface area contributed by atoms with Crippen LogP contribution in [0.1, 0.15) is 56.4 Å². The molecule has 2 bridgehead atoms. The van der Waals surface area contributed by atoms with Crippen molar-refractivity contribution in [1.29, 1.82) is 0 Å². The Bertz CT molecular complexity index is 1200. The zero-order valence-electron chi connectivity index (χ0n) is 17.4. The van der Waals surface area contributed by atoms with E-state index in [1.165, 1.54) is 28.5 Å². The molecule has 3 aromatic carbocycles. The van der Waals surface area contributed by atoms with Crippen molar-refractivity contribution in [3.63, 3.8) is 0 Å². The third-order valence-corrected chi connectivity index (χ3v) is 7.45. The molecule has 3 aliphatic rings. The second-order valence-corrected chi connectivity index (χ2v) is 10.9. The molecule has 6 rings (SSSR count). The maximum absolute atomic E-state index is 12.8. The molecular weight excluding hydrogens is 406 g/mol. The van der Waals surface area contributed by atoms with Gasteiger partial charge in [0.25, 0.3) is 5.91 Å². The number of hydrogen-bond donors (Lipinski definition) is 1. The van der Waals surface area contributed by atoms with Crippen LogP contribution in [-0.4, -0.2) is 27.1 Å². The van der Waals surface area contributed by atoms with Crippen LogP contribution in [0.15, 0.2) is 72.8 Å². The van der Waals surface area contributed by atoms with Crippen LogP contribution in [-0.2, 0) is 15.6 Å². The summed E-state index contributed by atoms with van der Waals surface area (Å²) in [6, 6.07) is 24.2. The summed E-state index contributed by atoms with van der Waals surface area (Å²) in [5.41, 5.74) is 6.88. The average Bonchev–Trinajstić information content (AvgIpc) is 2.77. The minimum Gasteiger partial charge on any atom is -0.352 e. The summed E-state index contributed by atoms with van der Waals surface area (Å²) in [7, 11) is -3.09. The zero-order valence-corrected chi connectivity index (χ0v) is 18.2. The van der Waals surface area contributed by atoms with Gasteiger partial charge in [0, 0.05) is 30.2 Å². The fraction of sp³-hybridized carbons (Fsp3) is 0.269. The van der Waals surface area contributed by atoms with E-state index in [1.807, 2.05) is 0 Å². The Morgan fingerprint density at radius 2 is 1.42 bits per heavy atom. The second kappa shape index (κ2) is 7.65. The molecule has 0 aromatic heterocycles.